The van der Waals surface area contributed by atoms with Crippen LogP contribution in [0.25, 0.3) is 11.3 Å². The van der Waals surface area contributed by atoms with Crippen LogP contribution in [0.2, 0.25) is 0 Å². The number of anilines is 1. The molecule has 4 aromatic rings. The Bertz CT molecular complexity index is 1490. The maximum absolute atomic E-state index is 12.9. The van der Waals surface area contributed by atoms with Crippen molar-refractivity contribution in [3.8, 4) is 11.3 Å². The Labute approximate surface area is 206 Å². The minimum absolute atomic E-state index is 0.0260. The smallest absolute Gasteiger partial charge is 0.264 e. The highest BCUT2D eigenvalue weighted by Gasteiger charge is 2.29. The predicted molar refractivity (Wildman–Crippen MR) is 137 cm³/mol. The van der Waals surface area contributed by atoms with Crippen molar-refractivity contribution in [3.63, 3.8) is 0 Å². The zero-order chi connectivity index (χ0) is 24.8. The summed E-state index contributed by atoms with van der Waals surface area (Å²) in [7, 11) is -1.81. The lowest BCUT2D eigenvalue weighted by molar-refractivity contribution is 0.589. The predicted octanol–water partition coefficient (Wildman–Crippen LogP) is 5.05. The van der Waals surface area contributed by atoms with E-state index in [1.165, 1.54) is 34.6 Å². The molecule has 0 saturated heterocycles. The lowest BCUT2D eigenvalue weighted by Gasteiger charge is -2.24. The Morgan fingerprint density at radius 3 is 2.40 bits per heavy atom. The normalized spacial score (nSPS) is 15.7. The number of rotatable bonds is 5. The lowest BCUT2D eigenvalue weighted by atomic mass is 9.81. The van der Waals surface area contributed by atoms with Crippen LogP contribution in [0.4, 0.5) is 5.95 Å². The second-order valence-corrected chi connectivity index (χ2v) is 11.7. The lowest BCUT2D eigenvalue weighted by Crippen LogP contribution is -2.15. The molecule has 1 N–H and O–H groups in total. The molecule has 1 aliphatic carbocycles. The first kappa shape index (κ1) is 23.2. The molecule has 5 rings (SSSR count). The fourth-order valence-electron chi connectivity index (χ4n) is 4.80. The summed E-state index contributed by atoms with van der Waals surface area (Å²) in [6.07, 6.45) is 6.57. The fourth-order valence-corrected chi connectivity index (χ4v) is 5.81. The van der Waals surface area contributed by atoms with Gasteiger partial charge in [-0.2, -0.15) is 5.10 Å². The summed E-state index contributed by atoms with van der Waals surface area (Å²) >= 11 is 0. The second kappa shape index (κ2) is 8.61. The fraction of sp³-hybridized carbons (Fsp3) is 0.296. The van der Waals surface area contributed by atoms with Crippen molar-refractivity contribution in [3.05, 3.63) is 89.4 Å². The Hall–Kier alpha value is -3.52. The molecule has 35 heavy (non-hydrogen) atoms. The number of hydrogen-bond donors (Lipinski definition) is 1. The molecular formula is C27H29N5O2S. The summed E-state index contributed by atoms with van der Waals surface area (Å²) in [5, 5.41) is 4.40. The van der Waals surface area contributed by atoms with Gasteiger partial charge in [0.1, 0.15) is 0 Å². The highest BCUT2D eigenvalue weighted by molar-refractivity contribution is 7.92. The van der Waals surface area contributed by atoms with Crippen LogP contribution in [0, 0.1) is 0 Å². The van der Waals surface area contributed by atoms with E-state index in [9.17, 15) is 8.42 Å². The monoisotopic (exact) mass is 487 g/mol. The summed E-state index contributed by atoms with van der Waals surface area (Å²) in [6, 6.07) is 15.8. The number of fused-ring (bicyclic) bond motifs is 1. The molecule has 0 amide bonds. The highest BCUT2D eigenvalue weighted by Crippen LogP contribution is 2.43. The number of aromatic nitrogens is 4. The molecule has 0 bridgehead atoms. The first-order valence-electron chi connectivity index (χ1n) is 11.7. The van der Waals surface area contributed by atoms with E-state index in [0.29, 0.717) is 0 Å². The van der Waals surface area contributed by atoms with Crippen molar-refractivity contribution < 1.29 is 8.42 Å². The average Bonchev–Trinajstić information content (AvgIpc) is 3.44. The van der Waals surface area contributed by atoms with Crippen LogP contribution in [0.3, 0.4) is 0 Å². The third kappa shape index (κ3) is 4.46. The van der Waals surface area contributed by atoms with Crippen molar-refractivity contribution in [1.82, 2.24) is 19.7 Å². The van der Waals surface area contributed by atoms with Crippen LogP contribution in [-0.4, -0.2) is 28.2 Å². The van der Waals surface area contributed by atoms with Gasteiger partial charge in [-0.15, -0.1) is 0 Å². The summed E-state index contributed by atoms with van der Waals surface area (Å²) in [6.45, 7) is 6.66. The van der Waals surface area contributed by atoms with Gasteiger partial charge in [-0.1, -0.05) is 39.0 Å². The largest absolute Gasteiger partial charge is 0.268 e. The van der Waals surface area contributed by atoms with Crippen LogP contribution in [0.1, 0.15) is 55.4 Å². The van der Waals surface area contributed by atoms with Crippen molar-refractivity contribution in [1.29, 1.82) is 0 Å². The maximum atomic E-state index is 12.9. The van der Waals surface area contributed by atoms with Crippen molar-refractivity contribution in [2.45, 2.75) is 49.8 Å². The summed E-state index contributed by atoms with van der Waals surface area (Å²) < 4.78 is 30.2. The molecule has 0 aliphatic heterocycles. The highest BCUT2D eigenvalue weighted by atomic mass is 32.2. The Balaban J connectivity index is 1.53. The van der Waals surface area contributed by atoms with E-state index in [1.807, 2.05) is 30.1 Å². The molecule has 2 aromatic carbocycles. The van der Waals surface area contributed by atoms with Gasteiger partial charge >= 0.3 is 0 Å². The van der Waals surface area contributed by atoms with Crippen LogP contribution in [-0.2, 0) is 28.9 Å². The third-order valence-corrected chi connectivity index (χ3v) is 8.01. The quantitative estimate of drug-likeness (QED) is 0.425. The van der Waals surface area contributed by atoms with Gasteiger partial charge in [0.05, 0.1) is 10.6 Å². The Morgan fingerprint density at radius 1 is 0.971 bits per heavy atom. The van der Waals surface area contributed by atoms with Crippen LogP contribution >= 0.6 is 0 Å². The number of sulfonamides is 1. The zero-order valence-corrected chi connectivity index (χ0v) is 21.2. The number of nitrogens with zero attached hydrogens (tertiary/aromatic N) is 4. The SMILES string of the molecule is Cn1nccc1-c1cc(C(C)(C)C)ccc1[C@H]1CCc2cc(S(=O)(=O)Nc3ncccn3)ccc21. The minimum atomic E-state index is -3.77. The molecule has 180 valence electrons. The zero-order valence-electron chi connectivity index (χ0n) is 20.4. The van der Waals surface area contributed by atoms with Gasteiger partial charge in [0.15, 0.2) is 0 Å². The molecule has 2 aromatic heterocycles. The molecule has 1 aliphatic rings. The molecule has 0 radical (unpaired) electrons. The Morgan fingerprint density at radius 2 is 1.71 bits per heavy atom. The first-order chi connectivity index (χ1) is 16.6. The minimum Gasteiger partial charge on any atom is -0.268 e. The molecule has 8 heteroatoms. The van der Waals surface area contributed by atoms with Gasteiger partial charge in [0, 0.05) is 37.1 Å². The molecule has 1 atom stereocenters. The molecule has 0 unspecified atom stereocenters. The van der Waals surface area contributed by atoms with Crippen LogP contribution in [0.15, 0.2) is 72.0 Å². The van der Waals surface area contributed by atoms with E-state index in [-0.39, 0.29) is 22.2 Å². The van der Waals surface area contributed by atoms with Crippen molar-refractivity contribution >= 4 is 16.0 Å². The molecular weight excluding hydrogens is 458 g/mol. The summed E-state index contributed by atoms with van der Waals surface area (Å²) in [5.74, 6) is 0.247. The van der Waals surface area contributed by atoms with Crippen molar-refractivity contribution in [2.75, 3.05) is 4.72 Å². The molecule has 0 fully saturated rings. The topological polar surface area (TPSA) is 89.8 Å². The number of benzene rings is 2. The van der Waals surface area contributed by atoms with Gasteiger partial charge in [0.2, 0.25) is 5.95 Å². The molecule has 2 heterocycles. The van der Waals surface area contributed by atoms with E-state index >= 15 is 0 Å². The van der Waals surface area contributed by atoms with E-state index < -0.39 is 10.0 Å². The second-order valence-electron chi connectivity index (χ2n) is 10.0. The summed E-state index contributed by atoms with van der Waals surface area (Å²) in [4.78, 5) is 8.16. The number of nitrogens with one attached hydrogen (secondary N) is 1. The standard InChI is InChI=1S/C27H29N5O2S/c1-27(2,3)19-7-10-23(24(17-19)25-12-15-30-32(25)4)22-9-6-18-16-20(8-11-21(18)22)35(33,34)31-26-28-13-5-14-29-26/h5,7-8,10-17,22H,6,9H2,1-4H3,(H,28,29,31)/t22-/m0/s1. The van der Waals surface area contributed by atoms with Gasteiger partial charge in [-0.05, 0) is 70.8 Å². The first-order valence-corrected chi connectivity index (χ1v) is 13.2. The van der Waals surface area contributed by atoms with Gasteiger partial charge in [-0.3, -0.25) is 4.68 Å². The summed E-state index contributed by atoms with van der Waals surface area (Å²) in [5.41, 5.74) is 7.02. The molecule has 0 saturated carbocycles. The molecule has 0 spiro atoms. The van der Waals surface area contributed by atoms with Crippen LogP contribution < -0.4 is 4.72 Å². The maximum Gasteiger partial charge on any atom is 0.264 e. The Kier molecular flexibility index (Phi) is 5.71. The van der Waals surface area contributed by atoms with Crippen LogP contribution in [0.5, 0.6) is 0 Å². The van der Waals surface area contributed by atoms with E-state index in [2.05, 4.69) is 58.8 Å². The third-order valence-electron chi connectivity index (χ3n) is 6.69. The number of hydrogen-bond acceptors (Lipinski definition) is 5. The van der Waals surface area contributed by atoms with Gasteiger partial charge in [-0.25, -0.2) is 23.1 Å². The van der Waals surface area contributed by atoms with E-state index in [0.717, 1.165) is 24.1 Å². The van der Waals surface area contributed by atoms with E-state index in [4.69, 9.17) is 0 Å². The van der Waals surface area contributed by atoms with Gasteiger partial charge in [0.25, 0.3) is 10.0 Å². The van der Waals surface area contributed by atoms with Crippen molar-refractivity contribution in [2.24, 2.45) is 7.05 Å². The van der Waals surface area contributed by atoms with E-state index in [1.54, 1.807) is 18.2 Å². The number of aryl methyl sites for hydroxylation is 2. The average molecular weight is 488 g/mol. The van der Waals surface area contributed by atoms with Gasteiger partial charge < -0.3 is 0 Å². The molecule has 7 nitrogen and oxygen atoms in total.